The van der Waals surface area contributed by atoms with E-state index >= 15 is 0 Å². The topological polar surface area (TPSA) is 25.8 Å². The average molecular weight is 346 g/mol. The molecule has 98 valence electrons. The van der Waals surface area contributed by atoms with Crippen LogP contribution in [0.15, 0.2) is 65.1 Å². The fourth-order valence-corrected chi connectivity index (χ4v) is 2.35. The van der Waals surface area contributed by atoms with Gasteiger partial charge in [0.05, 0.1) is 5.69 Å². The Morgan fingerprint density at radius 3 is 2.20 bits per heavy atom. The molecule has 2 aromatic carbocycles. The number of nitrogens with zero attached hydrogens (tertiary/aromatic N) is 2. The van der Waals surface area contributed by atoms with Crippen molar-refractivity contribution in [3.8, 4) is 22.6 Å². The highest BCUT2D eigenvalue weighted by molar-refractivity contribution is 9.10. The Kier molecular flexibility index (Phi) is 3.81. The Morgan fingerprint density at radius 2 is 1.50 bits per heavy atom. The molecular formula is C16H10BrClN2. The fourth-order valence-electron chi connectivity index (χ4n) is 1.90. The van der Waals surface area contributed by atoms with Crippen molar-refractivity contribution in [2.75, 3.05) is 0 Å². The van der Waals surface area contributed by atoms with E-state index < -0.39 is 0 Å². The third-order valence-corrected chi connectivity index (χ3v) is 3.59. The van der Waals surface area contributed by atoms with Crippen molar-refractivity contribution in [2.45, 2.75) is 0 Å². The minimum absolute atomic E-state index is 0.441. The summed E-state index contributed by atoms with van der Waals surface area (Å²) < 4.78 is 1.03. The van der Waals surface area contributed by atoms with Gasteiger partial charge in [-0.05, 0) is 12.1 Å². The maximum atomic E-state index is 6.12. The number of hydrogen-bond donors (Lipinski definition) is 0. The van der Waals surface area contributed by atoms with E-state index in [1.807, 2.05) is 54.6 Å². The summed E-state index contributed by atoms with van der Waals surface area (Å²) in [5.41, 5.74) is 2.78. The minimum Gasteiger partial charge on any atom is -0.228 e. The number of hydrogen-bond acceptors (Lipinski definition) is 2. The van der Waals surface area contributed by atoms with Gasteiger partial charge in [-0.3, -0.25) is 0 Å². The van der Waals surface area contributed by atoms with Crippen LogP contribution in [0.5, 0.6) is 0 Å². The molecule has 1 aromatic heterocycles. The number of rotatable bonds is 2. The van der Waals surface area contributed by atoms with Crippen LogP contribution in [0, 0.1) is 0 Å². The lowest BCUT2D eigenvalue weighted by atomic mass is 10.1. The Labute approximate surface area is 130 Å². The van der Waals surface area contributed by atoms with Gasteiger partial charge in [0.1, 0.15) is 5.15 Å². The van der Waals surface area contributed by atoms with Crippen LogP contribution in [0.1, 0.15) is 0 Å². The third kappa shape index (κ3) is 2.89. The number of aromatic nitrogens is 2. The second-order valence-corrected chi connectivity index (χ2v) is 5.58. The maximum Gasteiger partial charge on any atom is 0.161 e. The van der Waals surface area contributed by atoms with E-state index in [0.717, 1.165) is 21.3 Å². The van der Waals surface area contributed by atoms with Crippen LogP contribution >= 0.6 is 27.5 Å². The van der Waals surface area contributed by atoms with Crippen molar-refractivity contribution in [2.24, 2.45) is 0 Å². The van der Waals surface area contributed by atoms with Crippen molar-refractivity contribution < 1.29 is 0 Å². The first-order chi connectivity index (χ1) is 9.72. The molecular weight excluding hydrogens is 336 g/mol. The summed E-state index contributed by atoms with van der Waals surface area (Å²) in [5.74, 6) is 0.635. The smallest absolute Gasteiger partial charge is 0.161 e. The number of benzene rings is 2. The van der Waals surface area contributed by atoms with Crippen molar-refractivity contribution >= 4 is 27.5 Å². The Morgan fingerprint density at radius 1 is 0.800 bits per heavy atom. The summed E-state index contributed by atoms with van der Waals surface area (Å²) >= 11 is 9.55. The molecule has 0 fully saturated rings. The Balaban J connectivity index is 2.09. The first kappa shape index (κ1) is 13.3. The molecule has 0 aliphatic rings. The molecule has 1 heterocycles. The molecule has 0 amide bonds. The van der Waals surface area contributed by atoms with Gasteiger partial charge in [-0.1, -0.05) is 70.0 Å². The highest BCUT2D eigenvalue weighted by Gasteiger charge is 2.07. The zero-order valence-electron chi connectivity index (χ0n) is 10.4. The molecule has 3 aromatic rings. The summed E-state index contributed by atoms with van der Waals surface area (Å²) in [5, 5.41) is 0.441. The summed E-state index contributed by atoms with van der Waals surface area (Å²) in [6, 6.07) is 19.5. The summed E-state index contributed by atoms with van der Waals surface area (Å²) in [7, 11) is 0. The zero-order valence-corrected chi connectivity index (χ0v) is 12.8. The largest absolute Gasteiger partial charge is 0.228 e. The van der Waals surface area contributed by atoms with Gasteiger partial charge >= 0.3 is 0 Å². The normalized spacial score (nSPS) is 10.5. The lowest BCUT2D eigenvalue weighted by Gasteiger charge is -2.05. The first-order valence-electron chi connectivity index (χ1n) is 6.08. The molecule has 0 saturated heterocycles. The summed E-state index contributed by atoms with van der Waals surface area (Å²) in [4.78, 5) is 8.89. The first-order valence-corrected chi connectivity index (χ1v) is 7.25. The molecule has 20 heavy (non-hydrogen) atoms. The molecule has 0 spiro atoms. The van der Waals surface area contributed by atoms with E-state index in [1.165, 1.54) is 0 Å². The highest BCUT2D eigenvalue weighted by Crippen LogP contribution is 2.25. The lowest BCUT2D eigenvalue weighted by molar-refractivity contribution is 1.18. The Hall–Kier alpha value is -1.71. The third-order valence-electron chi connectivity index (χ3n) is 2.87. The van der Waals surface area contributed by atoms with E-state index in [0.29, 0.717) is 11.0 Å². The van der Waals surface area contributed by atoms with Gasteiger partial charge in [0, 0.05) is 21.7 Å². The molecule has 0 unspecified atom stereocenters. The van der Waals surface area contributed by atoms with Crippen LogP contribution < -0.4 is 0 Å². The van der Waals surface area contributed by atoms with Gasteiger partial charge in [0.15, 0.2) is 5.82 Å². The molecule has 0 aliphatic carbocycles. The molecule has 2 nitrogen and oxygen atoms in total. The van der Waals surface area contributed by atoms with Gasteiger partial charge in [-0.2, -0.15) is 0 Å². The molecule has 3 rings (SSSR count). The van der Waals surface area contributed by atoms with Gasteiger partial charge in [-0.15, -0.1) is 0 Å². The van der Waals surface area contributed by atoms with Gasteiger partial charge in [0.25, 0.3) is 0 Å². The van der Waals surface area contributed by atoms with Crippen molar-refractivity contribution in [1.82, 2.24) is 9.97 Å². The van der Waals surface area contributed by atoms with Crippen molar-refractivity contribution in [3.63, 3.8) is 0 Å². The summed E-state index contributed by atoms with van der Waals surface area (Å²) in [6.45, 7) is 0. The average Bonchev–Trinajstić information content (AvgIpc) is 2.48. The second-order valence-electron chi connectivity index (χ2n) is 4.27. The van der Waals surface area contributed by atoms with Crippen LogP contribution in [0.25, 0.3) is 22.6 Å². The number of halogens is 2. The minimum atomic E-state index is 0.441. The summed E-state index contributed by atoms with van der Waals surface area (Å²) in [6.07, 6.45) is 0. The Bertz CT molecular complexity index is 727. The van der Waals surface area contributed by atoms with Crippen LogP contribution in [0.4, 0.5) is 0 Å². The van der Waals surface area contributed by atoms with E-state index in [-0.39, 0.29) is 0 Å². The van der Waals surface area contributed by atoms with E-state index in [2.05, 4.69) is 25.9 Å². The zero-order chi connectivity index (χ0) is 13.9. The lowest BCUT2D eigenvalue weighted by Crippen LogP contribution is -1.92. The van der Waals surface area contributed by atoms with E-state index in [4.69, 9.17) is 11.6 Å². The quantitative estimate of drug-likeness (QED) is 0.595. The molecule has 4 heteroatoms. The molecule has 0 aliphatic heterocycles. The molecule has 0 radical (unpaired) electrons. The van der Waals surface area contributed by atoms with Crippen molar-refractivity contribution in [1.29, 1.82) is 0 Å². The van der Waals surface area contributed by atoms with Crippen LogP contribution in [-0.4, -0.2) is 9.97 Å². The standard InChI is InChI=1S/C16H10BrClN2/c17-13-8-6-11(7-9-13)14-10-15(18)20-16(19-14)12-4-2-1-3-5-12/h1-10H. The van der Waals surface area contributed by atoms with E-state index in [9.17, 15) is 0 Å². The van der Waals surface area contributed by atoms with E-state index in [1.54, 1.807) is 6.07 Å². The highest BCUT2D eigenvalue weighted by atomic mass is 79.9. The van der Waals surface area contributed by atoms with Crippen LogP contribution in [0.2, 0.25) is 5.15 Å². The SMILES string of the molecule is Clc1cc(-c2ccc(Br)cc2)nc(-c2ccccc2)n1. The second kappa shape index (κ2) is 5.73. The van der Waals surface area contributed by atoms with Gasteiger partial charge < -0.3 is 0 Å². The molecule has 0 atom stereocenters. The predicted molar refractivity (Wildman–Crippen MR) is 85.6 cm³/mol. The predicted octanol–water partition coefficient (Wildman–Crippen LogP) is 5.23. The van der Waals surface area contributed by atoms with Crippen LogP contribution in [-0.2, 0) is 0 Å². The molecule has 0 bridgehead atoms. The monoisotopic (exact) mass is 344 g/mol. The van der Waals surface area contributed by atoms with Gasteiger partial charge in [0.2, 0.25) is 0 Å². The van der Waals surface area contributed by atoms with Gasteiger partial charge in [-0.25, -0.2) is 9.97 Å². The van der Waals surface area contributed by atoms with Crippen molar-refractivity contribution in [3.05, 3.63) is 70.3 Å². The molecule has 0 saturated carbocycles. The van der Waals surface area contributed by atoms with Crippen LogP contribution in [0.3, 0.4) is 0 Å². The maximum absolute atomic E-state index is 6.12. The fraction of sp³-hybridized carbons (Fsp3) is 0. The molecule has 0 N–H and O–H groups in total.